The van der Waals surface area contributed by atoms with Gasteiger partial charge in [-0.05, 0) is 48.9 Å². The van der Waals surface area contributed by atoms with Gasteiger partial charge in [0.1, 0.15) is 16.9 Å². The Morgan fingerprint density at radius 3 is 2.83 bits per heavy atom. The van der Waals surface area contributed by atoms with Gasteiger partial charge in [-0.1, -0.05) is 12.1 Å². The summed E-state index contributed by atoms with van der Waals surface area (Å²) < 4.78 is 11.2. The summed E-state index contributed by atoms with van der Waals surface area (Å²) in [5.41, 5.74) is 2.63. The van der Waals surface area contributed by atoms with E-state index in [0.717, 1.165) is 41.8 Å². The maximum atomic E-state index is 6.06. The molecule has 0 radical (unpaired) electrons. The summed E-state index contributed by atoms with van der Waals surface area (Å²) in [5.74, 6) is 1.49. The van der Waals surface area contributed by atoms with Crippen LogP contribution in [0.1, 0.15) is 22.4 Å². The lowest BCUT2D eigenvalue weighted by Gasteiger charge is -2.07. The van der Waals surface area contributed by atoms with E-state index in [0.29, 0.717) is 5.88 Å². The van der Waals surface area contributed by atoms with E-state index in [4.69, 9.17) is 9.47 Å². The summed E-state index contributed by atoms with van der Waals surface area (Å²) in [6, 6.07) is 8.13. The molecule has 0 saturated heterocycles. The van der Waals surface area contributed by atoms with Crippen LogP contribution in [0.5, 0.6) is 11.6 Å². The number of ether oxygens (including phenoxy) is 2. The quantitative estimate of drug-likeness (QED) is 0.706. The number of aryl methyl sites for hydroxylation is 2. The van der Waals surface area contributed by atoms with E-state index in [-0.39, 0.29) is 0 Å². The minimum atomic E-state index is 0.680. The number of nitrogens with zero attached hydrogens (tertiary/aromatic N) is 2. The van der Waals surface area contributed by atoms with Crippen LogP contribution in [0.2, 0.25) is 0 Å². The van der Waals surface area contributed by atoms with Crippen molar-refractivity contribution in [3.63, 3.8) is 0 Å². The summed E-state index contributed by atoms with van der Waals surface area (Å²) in [5, 5.41) is 1.11. The third-order valence-corrected chi connectivity index (χ3v) is 5.40. The van der Waals surface area contributed by atoms with Crippen molar-refractivity contribution in [2.45, 2.75) is 25.7 Å². The van der Waals surface area contributed by atoms with Crippen LogP contribution < -0.4 is 4.74 Å². The fraction of sp³-hybridized carbons (Fsp3) is 0.333. The first-order chi connectivity index (χ1) is 11.3. The lowest BCUT2D eigenvalue weighted by atomic mass is 10.1. The average Bonchev–Trinajstić information content (AvgIpc) is 3.15. The fourth-order valence-corrected chi connectivity index (χ4v) is 4.25. The molecule has 0 atom stereocenters. The van der Waals surface area contributed by atoms with E-state index in [2.05, 4.69) is 22.1 Å². The van der Waals surface area contributed by atoms with Crippen LogP contribution in [0.15, 0.2) is 30.6 Å². The normalized spacial score (nSPS) is 13.4. The Balaban J connectivity index is 1.62. The van der Waals surface area contributed by atoms with E-state index >= 15 is 0 Å². The Labute approximate surface area is 139 Å². The molecule has 4 nitrogen and oxygen atoms in total. The number of aromatic nitrogens is 2. The van der Waals surface area contributed by atoms with Crippen molar-refractivity contribution in [2.75, 3.05) is 13.7 Å². The van der Waals surface area contributed by atoms with Crippen molar-refractivity contribution in [1.29, 1.82) is 0 Å². The van der Waals surface area contributed by atoms with Crippen molar-refractivity contribution in [1.82, 2.24) is 9.97 Å². The minimum absolute atomic E-state index is 0.680. The van der Waals surface area contributed by atoms with Gasteiger partial charge in [0.2, 0.25) is 5.88 Å². The van der Waals surface area contributed by atoms with E-state index in [1.807, 2.05) is 12.1 Å². The molecule has 5 heteroatoms. The minimum Gasteiger partial charge on any atom is -0.438 e. The van der Waals surface area contributed by atoms with Gasteiger partial charge in [-0.3, -0.25) is 0 Å². The summed E-state index contributed by atoms with van der Waals surface area (Å²) in [7, 11) is 1.72. The maximum Gasteiger partial charge on any atom is 0.231 e. The molecule has 0 saturated carbocycles. The van der Waals surface area contributed by atoms with Crippen molar-refractivity contribution >= 4 is 21.6 Å². The van der Waals surface area contributed by atoms with Crippen LogP contribution >= 0.6 is 11.3 Å². The summed E-state index contributed by atoms with van der Waals surface area (Å²) in [6.45, 7) is 0.730. The molecule has 0 N–H and O–H groups in total. The first-order valence-corrected chi connectivity index (χ1v) is 8.68. The van der Waals surface area contributed by atoms with Gasteiger partial charge in [-0.25, -0.2) is 9.97 Å². The zero-order valence-corrected chi connectivity index (χ0v) is 13.9. The summed E-state index contributed by atoms with van der Waals surface area (Å²) in [6.07, 6.45) is 5.99. The van der Waals surface area contributed by atoms with Gasteiger partial charge in [0, 0.05) is 12.0 Å². The van der Waals surface area contributed by atoms with Gasteiger partial charge in [0.15, 0.2) is 0 Å². The predicted octanol–water partition coefficient (Wildman–Crippen LogP) is 4.16. The Hall–Kier alpha value is -1.98. The molecule has 1 aliphatic carbocycles. The Kier molecular flexibility index (Phi) is 3.97. The number of fused-ring (bicyclic) bond motifs is 3. The smallest absolute Gasteiger partial charge is 0.231 e. The third-order valence-electron chi connectivity index (χ3n) is 4.20. The highest BCUT2D eigenvalue weighted by Crippen LogP contribution is 2.40. The molecule has 0 aliphatic heterocycles. The van der Waals surface area contributed by atoms with Crippen molar-refractivity contribution < 1.29 is 9.47 Å². The van der Waals surface area contributed by atoms with Crippen LogP contribution in [0.25, 0.3) is 10.2 Å². The standard InChI is InChI=1S/C18H18N2O2S/c1-21-10-9-12-5-7-13(8-6-12)22-17-16-14-3-2-4-15(14)23-18(16)20-11-19-17/h5-8,11H,2-4,9-10H2,1H3. The Morgan fingerprint density at radius 2 is 2.00 bits per heavy atom. The van der Waals surface area contributed by atoms with Crippen molar-refractivity contribution in [2.24, 2.45) is 0 Å². The molecule has 0 bridgehead atoms. The molecule has 0 amide bonds. The average molecular weight is 326 g/mol. The first-order valence-electron chi connectivity index (χ1n) is 7.86. The topological polar surface area (TPSA) is 44.2 Å². The molecule has 118 valence electrons. The summed E-state index contributed by atoms with van der Waals surface area (Å²) >= 11 is 1.78. The monoisotopic (exact) mass is 326 g/mol. The van der Waals surface area contributed by atoms with Crippen LogP contribution in [0, 0.1) is 0 Å². The lowest BCUT2D eigenvalue weighted by molar-refractivity contribution is 0.202. The molecule has 3 aromatic rings. The van der Waals surface area contributed by atoms with Gasteiger partial charge in [0.25, 0.3) is 0 Å². The Bertz CT molecular complexity index is 827. The molecule has 23 heavy (non-hydrogen) atoms. The number of hydrogen-bond donors (Lipinski definition) is 0. The maximum absolute atomic E-state index is 6.06. The molecule has 1 aromatic carbocycles. The van der Waals surface area contributed by atoms with E-state index < -0.39 is 0 Å². The molecular formula is C18H18N2O2S. The molecule has 2 aromatic heterocycles. The van der Waals surface area contributed by atoms with E-state index in [1.165, 1.54) is 22.4 Å². The zero-order valence-electron chi connectivity index (χ0n) is 13.0. The highest BCUT2D eigenvalue weighted by molar-refractivity contribution is 7.18. The number of methoxy groups -OCH3 is 1. The molecule has 1 aliphatic rings. The highest BCUT2D eigenvalue weighted by Gasteiger charge is 2.22. The molecule has 0 unspecified atom stereocenters. The number of thiophene rings is 1. The molecule has 4 rings (SSSR count). The Morgan fingerprint density at radius 1 is 1.13 bits per heavy atom. The number of benzene rings is 1. The number of rotatable bonds is 5. The molecular weight excluding hydrogens is 308 g/mol. The third kappa shape index (κ3) is 2.82. The van der Waals surface area contributed by atoms with Crippen molar-refractivity contribution in [3.05, 3.63) is 46.6 Å². The fourth-order valence-electron chi connectivity index (χ4n) is 3.03. The second kappa shape index (κ2) is 6.26. The van der Waals surface area contributed by atoms with Crippen LogP contribution in [0.3, 0.4) is 0 Å². The number of hydrogen-bond acceptors (Lipinski definition) is 5. The van der Waals surface area contributed by atoms with Gasteiger partial charge in [0.05, 0.1) is 12.0 Å². The highest BCUT2D eigenvalue weighted by atomic mass is 32.1. The van der Waals surface area contributed by atoms with Crippen LogP contribution in [-0.2, 0) is 24.0 Å². The second-order valence-electron chi connectivity index (χ2n) is 5.71. The largest absolute Gasteiger partial charge is 0.438 e. The van der Waals surface area contributed by atoms with Gasteiger partial charge in [-0.15, -0.1) is 11.3 Å². The van der Waals surface area contributed by atoms with E-state index in [9.17, 15) is 0 Å². The molecule has 0 spiro atoms. The van der Waals surface area contributed by atoms with Crippen LogP contribution in [0.4, 0.5) is 0 Å². The molecule has 0 fully saturated rings. The van der Waals surface area contributed by atoms with Gasteiger partial charge < -0.3 is 9.47 Å². The predicted molar refractivity (Wildman–Crippen MR) is 91.5 cm³/mol. The van der Waals surface area contributed by atoms with Gasteiger partial charge in [-0.2, -0.15) is 0 Å². The van der Waals surface area contributed by atoms with E-state index in [1.54, 1.807) is 24.8 Å². The second-order valence-corrected chi connectivity index (χ2v) is 6.79. The zero-order chi connectivity index (χ0) is 15.6. The van der Waals surface area contributed by atoms with Crippen molar-refractivity contribution in [3.8, 4) is 11.6 Å². The SMILES string of the molecule is COCCc1ccc(Oc2ncnc3sc4c(c23)CCC4)cc1. The summed E-state index contributed by atoms with van der Waals surface area (Å²) in [4.78, 5) is 11.3. The first kappa shape index (κ1) is 14.6. The van der Waals surface area contributed by atoms with Gasteiger partial charge >= 0.3 is 0 Å². The van der Waals surface area contributed by atoms with Crippen LogP contribution in [-0.4, -0.2) is 23.7 Å². The molecule has 2 heterocycles. The lowest BCUT2D eigenvalue weighted by Crippen LogP contribution is -1.95.